The Hall–Kier alpha value is -0.770. The van der Waals surface area contributed by atoms with Crippen LogP contribution in [0.3, 0.4) is 0 Å². The molecule has 9 heavy (non-hydrogen) atoms. The lowest BCUT2D eigenvalue weighted by Crippen LogP contribution is -2.28. The summed E-state index contributed by atoms with van der Waals surface area (Å²) < 4.78 is 4.77. The Balaban J connectivity index is 2.15. The van der Waals surface area contributed by atoms with Crippen molar-refractivity contribution in [2.24, 2.45) is 0 Å². The van der Waals surface area contributed by atoms with Crippen LogP contribution in [0.4, 0.5) is 4.79 Å². The van der Waals surface area contributed by atoms with Crippen LogP contribution in [-0.4, -0.2) is 36.9 Å². The Morgan fingerprint density at radius 3 is 3.44 bits per heavy atom. The molecular weight excluding hydrogens is 120 g/mol. The van der Waals surface area contributed by atoms with Crippen LogP contribution in [0.2, 0.25) is 0 Å². The van der Waals surface area contributed by atoms with Crippen molar-refractivity contribution in [1.29, 1.82) is 0 Å². The van der Waals surface area contributed by atoms with Crippen LogP contribution in [0, 0.1) is 0 Å². The van der Waals surface area contributed by atoms with Gasteiger partial charge in [-0.1, -0.05) is 0 Å². The number of nitrogens with zero attached hydrogens (tertiary/aromatic N) is 1. The molecule has 0 bridgehead atoms. The minimum absolute atomic E-state index is 0.176. The maximum absolute atomic E-state index is 10.7. The highest BCUT2D eigenvalue weighted by molar-refractivity contribution is 5.70. The smallest absolute Gasteiger partial charge is 0.411 e. The Kier molecular flexibility index (Phi) is 0.900. The van der Waals surface area contributed by atoms with Crippen LogP contribution >= 0.6 is 0 Å². The predicted molar refractivity (Wildman–Crippen MR) is 29.8 cm³/mol. The van der Waals surface area contributed by atoms with Crippen molar-refractivity contribution < 1.29 is 9.53 Å². The molecule has 1 atom stereocenters. The minimum atomic E-state index is -0.176. The molecule has 0 aliphatic carbocycles. The normalized spacial score (nSPS) is 32.7. The highest BCUT2D eigenvalue weighted by Gasteiger charge is 2.35. The predicted octanol–water partition coefficient (Wildman–Crippen LogP) is -0.632. The molecule has 2 rings (SSSR count). The SMILES string of the molecule is O=C1OCC2CNCN12. The van der Waals surface area contributed by atoms with Crippen LogP contribution < -0.4 is 5.32 Å². The van der Waals surface area contributed by atoms with Gasteiger partial charge in [0.1, 0.15) is 6.61 Å². The van der Waals surface area contributed by atoms with Gasteiger partial charge in [-0.25, -0.2) is 4.79 Å². The average Bonchev–Trinajstić information content (AvgIpc) is 2.35. The van der Waals surface area contributed by atoms with Crippen LogP contribution in [0.5, 0.6) is 0 Å². The molecule has 2 heterocycles. The Morgan fingerprint density at radius 2 is 2.67 bits per heavy atom. The second kappa shape index (κ2) is 1.60. The van der Waals surface area contributed by atoms with Gasteiger partial charge in [0, 0.05) is 6.54 Å². The number of fused-ring (bicyclic) bond motifs is 1. The van der Waals surface area contributed by atoms with E-state index in [2.05, 4.69) is 5.32 Å². The molecule has 2 aliphatic heterocycles. The third kappa shape index (κ3) is 0.595. The van der Waals surface area contributed by atoms with Gasteiger partial charge >= 0.3 is 6.09 Å². The molecule has 1 unspecified atom stereocenters. The summed E-state index contributed by atoms with van der Waals surface area (Å²) in [6, 6.07) is 0.303. The second-order valence-corrected chi connectivity index (χ2v) is 2.31. The fraction of sp³-hybridized carbons (Fsp3) is 0.800. The summed E-state index contributed by atoms with van der Waals surface area (Å²) in [6.45, 7) is 2.10. The number of carbonyl (C=O) groups is 1. The number of nitrogens with one attached hydrogen (secondary N) is 1. The Bertz CT molecular complexity index is 148. The van der Waals surface area contributed by atoms with E-state index in [0.717, 1.165) is 6.54 Å². The van der Waals surface area contributed by atoms with E-state index in [0.29, 0.717) is 19.3 Å². The standard InChI is InChI=1S/C5H8N2O2/c8-5-7-3-6-1-4(7)2-9-5/h4,6H,1-3H2. The van der Waals surface area contributed by atoms with E-state index in [1.165, 1.54) is 0 Å². The van der Waals surface area contributed by atoms with Crippen LogP contribution in [0.25, 0.3) is 0 Å². The molecule has 0 aromatic rings. The summed E-state index contributed by atoms with van der Waals surface area (Å²) in [6.07, 6.45) is -0.176. The number of hydrogen-bond donors (Lipinski definition) is 1. The lowest BCUT2D eigenvalue weighted by molar-refractivity contribution is 0.158. The van der Waals surface area contributed by atoms with Crippen LogP contribution in [-0.2, 0) is 4.74 Å². The summed E-state index contributed by atoms with van der Waals surface area (Å²) in [5, 5.41) is 3.08. The lowest BCUT2D eigenvalue weighted by Gasteiger charge is -2.06. The number of amides is 1. The molecule has 4 nitrogen and oxygen atoms in total. The fourth-order valence-electron chi connectivity index (χ4n) is 1.20. The molecule has 0 saturated carbocycles. The largest absolute Gasteiger partial charge is 0.447 e. The van der Waals surface area contributed by atoms with Gasteiger partial charge in [0.2, 0.25) is 0 Å². The number of cyclic esters (lactones) is 1. The van der Waals surface area contributed by atoms with Crippen LogP contribution in [0.15, 0.2) is 0 Å². The highest BCUT2D eigenvalue weighted by Crippen LogP contribution is 2.13. The average molecular weight is 128 g/mol. The molecule has 1 N–H and O–H groups in total. The lowest BCUT2D eigenvalue weighted by atomic mass is 10.3. The van der Waals surface area contributed by atoms with Crippen molar-refractivity contribution in [3.63, 3.8) is 0 Å². The van der Waals surface area contributed by atoms with Gasteiger partial charge in [-0.2, -0.15) is 0 Å². The van der Waals surface area contributed by atoms with Gasteiger partial charge in [-0.3, -0.25) is 10.2 Å². The summed E-state index contributed by atoms with van der Waals surface area (Å²) >= 11 is 0. The van der Waals surface area contributed by atoms with Gasteiger partial charge in [0.05, 0.1) is 12.7 Å². The first-order valence-corrected chi connectivity index (χ1v) is 3.02. The first-order valence-electron chi connectivity index (χ1n) is 3.02. The monoisotopic (exact) mass is 128 g/mol. The Morgan fingerprint density at radius 1 is 1.78 bits per heavy atom. The van der Waals surface area contributed by atoms with E-state index in [-0.39, 0.29) is 6.09 Å². The molecular formula is C5H8N2O2. The zero-order valence-electron chi connectivity index (χ0n) is 4.96. The van der Waals surface area contributed by atoms with Crippen molar-refractivity contribution in [1.82, 2.24) is 10.2 Å². The van der Waals surface area contributed by atoms with Crippen molar-refractivity contribution >= 4 is 6.09 Å². The number of hydrogen-bond acceptors (Lipinski definition) is 3. The fourth-order valence-corrected chi connectivity index (χ4v) is 1.20. The number of carbonyl (C=O) groups excluding carboxylic acids is 1. The zero-order chi connectivity index (χ0) is 6.27. The molecule has 0 radical (unpaired) electrons. The first kappa shape index (κ1) is 5.05. The van der Waals surface area contributed by atoms with E-state index in [1.807, 2.05) is 0 Å². The van der Waals surface area contributed by atoms with Crippen molar-refractivity contribution in [3.05, 3.63) is 0 Å². The molecule has 1 amide bonds. The van der Waals surface area contributed by atoms with E-state index in [4.69, 9.17) is 4.74 Å². The van der Waals surface area contributed by atoms with Crippen LogP contribution in [0.1, 0.15) is 0 Å². The maximum atomic E-state index is 10.7. The summed E-state index contributed by atoms with van der Waals surface area (Å²) in [4.78, 5) is 12.4. The van der Waals surface area contributed by atoms with Crippen molar-refractivity contribution in [2.45, 2.75) is 6.04 Å². The quantitative estimate of drug-likeness (QED) is 0.472. The molecule has 2 saturated heterocycles. The van der Waals surface area contributed by atoms with E-state index in [9.17, 15) is 4.79 Å². The minimum Gasteiger partial charge on any atom is -0.447 e. The molecule has 4 heteroatoms. The van der Waals surface area contributed by atoms with Gasteiger partial charge < -0.3 is 4.74 Å². The van der Waals surface area contributed by atoms with Gasteiger partial charge in [0.15, 0.2) is 0 Å². The second-order valence-electron chi connectivity index (χ2n) is 2.31. The van der Waals surface area contributed by atoms with Gasteiger partial charge in [-0.15, -0.1) is 0 Å². The van der Waals surface area contributed by atoms with Crippen molar-refractivity contribution in [3.8, 4) is 0 Å². The topological polar surface area (TPSA) is 41.6 Å². The molecule has 0 spiro atoms. The molecule has 0 aromatic heterocycles. The highest BCUT2D eigenvalue weighted by atomic mass is 16.6. The molecule has 2 aliphatic rings. The van der Waals surface area contributed by atoms with Crippen molar-refractivity contribution in [2.75, 3.05) is 19.8 Å². The third-order valence-electron chi connectivity index (χ3n) is 1.74. The first-order chi connectivity index (χ1) is 4.38. The maximum Gasteiger partial charge on any atom is 0.411 e. The van der Waals surface area contributed by atoms with E-state index >= 15 is 0 Å². The molecule has 2 fully saturated rings. The number of rotatable bonds is 0. The van der Waals surface area contributed by atoms with E-state index in [1.54, 1.807) is 4.90 Å². The molecule has 50 valence electrons. The third-order valence-corrected chi connectivity index (χ3v) is 1.74. The number of ether oxygens (including phenoxy) is 1. The molecule has 0 aromatic carbocycles. The van der Waals surface area contributed by atoms with Gasteiger partial charge in [-0.05, 0) is 0 Å². The van der Waals surface area contributed by atoms with Gasteiger partial charge in [0.25, 0.3) is 0 Å². The summed E-state index contributed by atoms with van der Waals surface area (Å²) in [7, 11) is 0. The zero-order valence-corrected chi connectivity index (χ0v) is 4.96. The summed E-state index contributed by atoms with van der Waals surface area (Å²) in [5.41, 5.74) is 0. The summed E-state index contributed by atoms with van der Waals surface area (Å²) in [5.74, 6) is 0. The Labute approximate surface area is 52.8 Å². The van der Waals surface area contributed by atoms with E-state index < -0.39 is 0 Å².